The number of aromatic nitrogens is 1. The Kier molecular flexibility index (Phi) is 3.79. The average Bonchev–Trinajstić information content (AvgIpc) is 2.40. The zero-order valence-electron chi connectivity index (χ0n) is 10.5. The second-order valence-electron chi connectivity index (χ2n) is 3.97. The van der Waals surface area contributed by atoms with Gasteiger partial charge in [-0.1, -0.05) is 18.2 Å². The lowest BCUT2D eigenvalue weighted by Gasteiger charge is -2.10. The van der Waals surface area contributed by atoms with Gasteiger partial charge in [-0.05, 0) is 24.6 Å². The van der Waals surface area contributed by atoms with Gasteiger partial charge in [-0.15, -0.1) is 0 Å². The number of para-hydroxylation sites is 2. The van der Waals surface area contributed by atoms with Crippen LogP contribution in [0.25, 0.3) is 0 Å². The highest BCUT2D eigenvalue weighted by Gasteiger charge is 2.06. The molecule has 4 heteroatoms. The SMILES string of the molecule is COc1ccccc1Oc1ccc([C@@H](C)N)cn1. The fraction of sp³-hybridized carbons (Fsp3) is 0.214. The second kappa shape index (κ2) is 5.51. The van der Waals surface area contributed by atoms with Crippen molar-refractivity contribution in [1.82, 2.24) is 4.98 Å². The van der Waals surface area contributed by atoms with Crippen LogP contribution in [-0.2, 0) is 0 Å². The van der Waals surface area contributed by atoms with E-state index in [0.717, 1.165) is 5.56 Å². The van der Waals surface area contributed by atoms with E-state index in [1.54, 1.807) is 19.4 Å². The van der Waals surface area contributed by atoms with E-state index in [1.165, 1.54) is 0 Å². The lowest BCUT2D eigenvalue weighted by molar-refractivity contribution is 0.374. The molecular formula is C14H16N2O2. The van der Waals surface area contributed by atoms with Gasteiger partial charge >= 0.3 is 0 Å². The van der Waals surface area contributed by atoms with Crippen molar-refractivity contribution in [3.8, 4) is 17.4 Å². The van der Waals surface area contributed by atoms with Crippen molar-refractivity contribution in [3.63, 3.8) is 0 Å². The summed E-state index contributed by atoms with van der Waals surface area (Å²) in [6.45, 7) is 1.91. The fourth-order valence-electron chi connectivity index (χ4n) is 1.54. The minimum absolute atomic E-state index is 0.0298. The van der Waals surface area contributed by atoms with Crippen molar-refractivity contribution in [2.24, 2.45) is 5.73 Å². The third-order valence-corrected chi connectivity index (χ3v) is 2.57. The van der Waals surface area contributed by atoms with Gasteiger partial charge in [0.2, 0.25) is 5.88 Å². The molecule has 0 aliphatic carbocycles. The highest BCUT2D eigenvalue weighted by molar-refractivity contribution is 5.41. The molecule has 0 aliphatic heterocycles. The first-order valence-corrected chi connectivity index (χ1v) is 5.73. The minimum Gasteiger partial charge on any atom is -0.493 e. The molecule has 2 rings (SSSR count). The molecule has 4 nitrogen and oxygen atoms in total. The Labute approximate surface area is 106 Å². The summed E-state index contributed by atoms with van der Waals surface area (Å²) in [6, 6.07) is 11.1. The third kappa shape index (κ3) is 2.78. The van der Waals surface area contributed by atoms with Crippen molar-refractivity contribution in [2.75, 3.05) is 7.11 Å². The van der Waals surface area contributed by atoms with Crippen LogP contribution in [-0.4, -0.2) is 12.1 Å². The molecular weight excluding hydrogens is 228 g/mol. The number of ether oxygens (including phenoxy) is 2. The lowest BCUT2D eigenvalue weighted by Crippen LogP contribution is -2.05. The number of benzene rings is 1. The van der Waals surface area contributed by atoms with Gasteiger partial charge in [0.15, 0.2) is 11.5 Å². The van der Waals surface area contributed by atoms with Crippen LogP contribution in [0.1, 0.15) is 18.5 Å². The van der Waals surface area contributed by atoms with Crippen LogP contribution in [0.15, 0.2) is 42.6 Å². The first-order chi connectivity index (χ1) is 8.70. The molecule has 0 fully saturated rings. The van der Waals surface area contributed by atoms with E-state index < -0.39 is 0 Å². The fourth-order valence-corrected chi connectivity index (χ4v) is 1.54. The van der Waals surface area contributed by atoms with E-state index in [4.69, 9.17) is 15.2 Å². The predicted octanol–water partition coefficient (Wildman–Crippen LogP) is 2.90. The number of methoxy groups -OCH3 is 1. The normalized spacial score (nSPS) is 11.9. The summed E-state index contributed by atoms with van der Waals surface area (Å²) in [4.78, 5) is 4.21. The van der Waals surface area contributed by atoms with Crippen molar-refractivity contribution >= 4 is 0 Å². The number of hydrogen-bond acceptors (Lipinski definition) is 4. The number of hydrogen-bond donors (Lipinski definition) is 1. The van der Waals surface area contributed by atoms with Crippen LogP contribution in [0.3, 0.4) is 0 Å². The Morgan fingerprint density at radius 2 is 1.83 bits per heavy atom. The molecule has 2 N–H and O–H groups in total. The Morgan fingerprint density at radius 1 is 1.11 bits per heavy atom. The maximum Gasteiger partial charge on any atom is 0.219 e. The Balaban J connectivity index is 2.18. The van der Waals surface area contributed by atoms with Gasteiger partial charge in [0.25, 0.3) is 0 Å². The maximum absolute atomic E-state index is 5.76. The molecule has 0 amide bonds. The van der Waals surface area contributed by atoms with Crippen LogP contribution in [0.5, 0.6) is 17.4 Å². The van der Waals surface area contributed by atoms with E-state index in [0.29, 0.717) is 17.4 Å². The highest BCUT2D eigenvalue weighted by atomic mass is 16.5. The Hall–Kier alpha value is -2.07. The zero-order valence-corrected chi connectivity index (χ0v) is 10.5. The summed E-state index contributed by atoms with van der Waals surface area (Å²) in [5.41, 5.74) is 6.74. The van der Waals surface area contributed by atoms with Crippen LogP contribution in [0.4, 0.5) is 0 Å². The molecule has 0 unspecified atom stereocenters. The van der Waals surface area contributed by atoms with Crippen molar-refractivity contribution in [3.05, 3.63) is 48.2 Å². The summed E-state index contributed by atoms with van der Waals surface area (Å²) in [6.07, 6.45) is 1.72. The molecule has 0 bridgehead atoms. The molecule has 0 saturated carbocycles. The first kappa shape index (κ1) is 12.4. The van der Waals surface area contributed by atoms with E-state index in [2.05, 4.69) is 4.98 Å². The number of pyridine rings is 1. The predicted molar refractivity (Wildman–Crippen MR) is 69.9 cm³/mol. The van der Waals surface area contributed by atoms with Crippen LogP contribution in [0.2, 0.25) is 0 Å². The number of nitrogens with two attached hydrogens (primary N) is 1. The maximum atomic E-state index is 5.76. The van der Waals surface area contributed by atoms with Gasteiger partial charge in [-0.3, -0.25) is 0 Å². The van der Waals surface area contributed by atoms with Gasteiger partial charge in [0, 0.05) is 18.3 Å². The topological polar surface area (TPSA) is 57.4 Å². The van der Waals surface area contributed by atoms with E-state index in [9.17, 15) is 0 Å². The minimum atomic E-state index is -0.0298. The van der Waals surface area contributed by atoms with Crippen molar-refractivity contribution < 1.29 is 9.47 Å². The average molecular weight is 244 g/mol. The lowest BCUT2D eigenvalue weighted by atomic mass is 10.2. The number of nitrogens with zero attached hydrogens (tertiary/aromatic N) is 1. The molecule has 0 saturated heterocycles. The Morgan fingerprint density at radius 3 is 2.39 bits per heavy atom. The largest absolute Gasteiger partial charge is 0.493 e. The van der Waals surface area contributed by atoms with E-state index >= 15 is 0 Å². The number of rotatable bonds is 4. The quantitative estimate of drug-likeness (QED) is 0.898. The summed E-state index contributed by atoms with van der Waals surface area (Å²) in [7, 11) is 1.61. The molecule has 0 aliphatic rings. The van der Waals surface area contributed by atoms with Crippen LogP contribution >= 0.6 is 0 Å². The third-order valence-electron chi connectivity index (χ3n) is 2.57. The van der Waals surface area contributed by atoms with Crippen molar-refractivity contribution in [2.45, 2.75) is 13.0 Å². The van der Waals surface area contributed by atoms with Gasteiger partial charge in [0.05, 0.1) is 7.11 Å². The van der Waals surface area contributed by atoms with Crippen molar-refractivity contribution in [1.29, 1.82) is 0 Å². The summed E-state index contributed by atoms with van der Waals surface area (Å²) in [5, 5.41) is 0. The standard InChI is InChI=1S/C14H16N2O2/c1-10(15)11-7-8-14(16-9-11)18-13-6-4-3-5-12(13)17-2/h3-10H,15H2,1-2H3/t10-/m1/s1. The van der Waals surface area contributed by atoms with E-state index in [1.807, 2.05) is 37.3 Å². The summed E-state index contributed by atoms with van der Waals surface area (Å²) in [5.74, 6) is 1.83. The smallest absolute Gasteiger partial charge is 0.219 e. The van der Waals surface area contributed by atoms with Gasteiger partial charge in [-0.2, -0.15) is 0 Å². The molecule has 1 atom stereocenters. The first-order valence-electron chi connectivity index (χ1n) is 5.73. The molecule has 94 valence electrons. The van der Waals surface area contributed by atoms with Gasteiger partial charge in [0.1, 0.15) is 0 Å². The highest BCUT2D eigenvalue weighted by Crippen LogP contribution is 2.30. The second-order valence-corrected chi connectivity index (χ2v) is 3.97. The monoisotopic (exact) mass is 244 g/mol. The van der Waals surface area contributed by atoms with Crippen LogP contribution in [0, 0.1) is 0 Å². The van der Waals surface area contributed by atoms with Crippen LogP contribution < -0.4 is 15.2 Å². The molecule has 0 spiro atoms. The van der Waals surface area contributed by atoms with Gasteiger partial charge < -0.3 is 15.2 Å². The zero-order chi connectivity index (χ0) is 13.0. The molecule has 0 radical (unpaired) electrons. The molecule has 1 heterocycles. The van der Waals surface area contributed by atoms with Gasteiger partial charge in [-0.25, -0.2) is 4.98 Å². The molecule has 1 aromatic carbocycles. The summed E-state index contributed by atoms with van der Waals surface area (Å²) < 4.78 is 10.9. The molecule has 2 aromatic rings. The Bertz CT molecular complexity index is 509. The van der Waals surface area contributed by atoms with E-state index in [-0.39, 0.29) is 6.04 Å². The molecule has 18 heavy (non-hydrogen) atoms. The molecule has 1 aromatic heterocycles. The summed E-state index contributed by atoms with van der Waals surface area (Å²) >= 11 is 0.